The minimum Gasteiger partial charge on any atom is -0.508 e. The molecule has 1 aromatic carbocycles. The lowest BCUT2D eigenvalue weighted by Crippen LogP contribution is -1.88. The quantitative estimate of drug-likeness (QED) is 0.743. The second kappa shape index (κ2) is 3.58. The van der Waals surface area contributed by atoms with Crippen LogP contribution in [0.5, 0.6) is 5.75 Å². The van der Waals surface area contributed by atoms with Crippen LogP contribution in [0.25, 0.3) is 11.1 Å². The third-order valence-corrected chi connectivity index (χ3v) is 3.12. The molecule has 0 aliphatic heterocycles. The van der Waals surface area contributed by atoms with Crippen molar-refractivity contribution < 1.29 is 5.11 Å². The molecule has 2 aromatic rings. The van der Waals surface area contributed by atoms with E-state index in [2.05, 4.69) is 26.1 Å². The van der Waals surface area contributed by atoms with Crippen LogP contribution in [0, 0.1) is 6.92 Å². The molecule has 0 aliphatic rings. The van der Waals surface area contributed by atoms with Crippen molar-refractivity contribution in [3.63, 3.8) is 0 Å². The molecule has 0 saturated heterocycles. The van der Waals surface area contributed by atoms with Gasteiger partial charge in [0.15, 0.2) is 0 Å². The van der Waals surface area contributed by atoms with Crippen LogP contribution in [0.1, 0.15) is 5.56 Å². The maximum Gasteiger partial charge on any atom is 0.126 e. The number of aromatic nitrogens is 2. The Labute approximate surface area is 95.3 Å². The minimum absolute atomic E-state index is 0.236. The van der Waals surface area contributed by atoms with E-state index >= 15 is 0 Å². The highest BCUT2D eigenvalue weighted by Gasteiger charge is 2.09. The number of hydrogen-bond donors (Lipinski definition) is 3. The second-order valence-corrected chi connectivity index (χ2v) is 4.15. The van der Waals surface area contributed by atoms with Crippen molar-refractivity contribution >= 4 is 21.7 Å². The Kier molecular flexibility index (Phi) is 2.40. The van der Waals surface area contributed by atoms with E-state index in [9.17, 15) is 5.11 Å². The summed E-state index contributed by atoms with van der Waals surface area (Å²) in [5.41, 5.74) is 8.12. The van der Waals surface area contributed by atoms with E-state index < -0.39 is 0 Å². The maximum atomic E-state index is 9.67. The molecule has 0 aliphatic carbocycles. The van der Waals surface area contributed by atoms with Gasteiger partial charge in [-0.1, -0.05) is 15.9 Å². The number of nitrogens with one attached hydrogen (secondary N) is 1. The summed E-state index contributed by atoms with van der Waals surface area (Å²) in [4.78, 5) is 0. The number of nitrogen functional groups attached to an aromatic ring is 1. The average molecular weight is 268 g/mol. The Hall–Kier alpha value is -1.49. The summed E-state index contributed by atoms with van der Waals surface area (Å²) in [5, 5.41) is 16.2. The van der Waals surface area contributed by atoms with Gasteiger partial charge in [-0.3, -0.25) is 5.10 Å². The van der Waals surface area contributed by atoms with Crippen molar-refractivity contribution in [1.29, 1.82) is 0 Å². The van der Waals surface area contributed by atoms with Crippen LogP contribution in [0.15, 0.2) is 22.8 Å². The number of phenolic OH excluding ortho intramolecular Hbond substituents is 1. The lowest BCUT2D eigenvalue weighted by atomic mass is 10.1. The van der Waals surface area contributed by atoms with E-state index in [0.717, 1.165) is 21.2 Å². The number of aromatic hydroxyl groups is 1. The summed E-state index contributed by atoms with van der Waals surface area (Å²) in [6, 6.07) is 3.57. The van der Waals surface area contributed by atoms with Crippen LogP contribution in [0.3, 0.4) is 0 Å². The van der Waals surface area contributed by atoms with Gasteiger partial charge in [0.05, 0.1) is 6.20 Å². The third-order valence-electron chi connectivity index (χ3n) is 2.30. The number of rotatable bonds is 1. The van der Waals surface area contributed by atoms with Crippen molar-refractivity contribution in [2.24, 2.45) is 0 Å². The molecule has 0 fully saturated rings. The van der Waals surface area contributed by atoms with Gasteiger partial charge in [-0.2, -0.15) is 5.10 Å². The molecule has 2 rings (SSSR count). The summed E-state index contributed by atoms with van der Waals surface area (Å²) in [7, 11) is 0. The molecule has 0 unspecified atom stereocenters. The molecular formula is C10H10BrN3O. The van der Waals surface area contributed by atoms with Gasteiger partial charge in [-0.25, -0.2) is 0 Å². The molecule has 0 saturated carbocycles. The number of hydrogen-bond acceptors (Lipinski definition) is 3. The van der Waals surface area contributed by atoms with E-state index in [1.165, 1.54) is 0 Å². The number of benzene rings is 1. The summed E-state index contributed by atoms with van der Waals surface area (Å²) in [6.07, 6.45) is 1.63. The smallest absolute Gasteiger partial charge is 0.126 e. The first kappa shape index (κ1) is 10.0. The molecule has 78 valence electrons. The van der Waals surface area contributed by atoms with Crippen LogP contribution in [0.4, 0.5) is 5.82 Å². The van der Waals surface area contributed by atoms with E-state index in [0.29, 0.717) is 5.82 Å². The van der Waals surface area contributed by atoms with Crippen LogP contribution >= 0.6 is 15.9 Å². The third kappa shape index (κ3) is 1.70. The zero-order chi connectivity index (χ0) is 11.0. The predicted molar refractivity (Wildman–Crippen MR) is 62.5 cm³/mol. The Morgan fingerprint density at radius 3 is 2.73 bits per heavy atom. The number of H-pyrrole nitrogens is 1. The maximum absolute atomic E-state index is 9.67. The summed E-state index contributed by atoms with van der Waals surface area (Å²) in [6.45, 7) is 1.84. The van der Waals surface area contributed by atoms with Gasteiger partial charge >= 0.3 is 0 Å². The second-order valence-electron chi connectivity index (χ2n) is 3.30. The number of phenols is 1. The average Bonchev–Trinajstić information content (AvgIpc) is 2.60. The number of halogens is 1. The van der Waals surface area contributed by atoms with Crippen molar-refractivity contribution in [2.45, 2.75) is 6.92 Å². The Balaban J connectivity index is 2.60. The molecule has 4 N–H and O–H groups in total. The van der Waals surface area contributed by atoms with Crippen molar-refractivity contribution in [3.05, 3.63) is 28.4 Å². The molecular weight excluding hydrogens is 258 g/mol. The Morgan fingerprint density at radius 1 is 1.47 bits per heavy atom. The fourth-order valence-electron chi connectivity index (χ4n) is 1.35. The Morgan fingerprint density at radius 2 is 2.20 bits per heavy atom. The van der Waals surface area contributed by atoms with Gasteiger partial charge in [-0.05, 0) is 24.6 Å². The fourth-order valence-corrected chi connectivity index (χ4v) is 1.80. The summed E-state index contributed by atoms with van der Waals surface area (Å²) < 4.78 is 0.845. The largest absolute Gasteiger partial charge is 0.508 e. The lowest BCUT2D eigenvalue weighted by molar-refractivity contribution is 0.471. The van der Waals surface area contributed by atoms with Gasteiger partial charge in [0, 0.05) is 15.6 Å². The van der Waals surface area contributed by atoms with Crippen molar-refractivity contribution in [2.75, 3.05) is 5.73 Å². The van der Waals surface area contributed by atoms with Crippen LogP contribution < -0.4 is 5.73 Å². The molecule has 15 heavy (non-hydrogen) atoms. The van der Waals surface area contributed by atoms with Crippen LogP contribution in [0.2, 0.25) is 0 Å². The molecule has 0 spiro atoms. The van der Waals surface area contributed by atoms with Crippen LogP contribution in [-0.2, 0) is 0 Å². The van der Waals surface area contributed by atoms with E-state index in [-0.39, 0.29) is 5.75 Å². The van der Waals surface area contributed by atoms with Gasteiger partial charge in [0.2, 0.25) is 0 Å². The highest BCUT2D eigenvalue weighted by atomic mass is 79.9. The number of aromatic amines is 1. The van der Waals surface area contributed by atoms with Crippen molar-refractivity contribution in [3.8, 4) is 16.9 Å². The monoisotopic (exact) mass is 267 g/mol. The highest BCUT2D eigenvalue weighted by Crippen LogP contribution is 2.33. The fraction of sp³-hybridized carbons (Fsp3) is 0.100. The van der Waals surface area contributed by atoms with E-state index in [4.69, 9.17) is 5.73 Å². The predicted octanol–water partition coefficient (Wildman–Crippen LogP) is 2.44. The van der Waals surface area contributed by atoms with Gasteiger partial charge in [0.25, 0.3) is 0 Å². The zero-order valence-corrected chi connectivity index (χ0v) is 9.67. The Bertz CT molecular complexity index is 484. The first-order chi connectivity index (χ1) is 7.09. The molecule has 0 bridgehead atoms. The van der Waals surface area contributed by atoms with Gasteiger partial charge in [-0.15, -0.1) is 0 Å². The molecule has 1 heterocycles. The molecule has 4 nitrogen and oxygen atoms in total. The molecule has 1 aromatic heterocycles. The number of nitrogens with two attached hydrogens (primary N) is 1. The molecule has 5 heteroatoms. The summed E-state index contributed by atoms with van der Waals surface area (Å²) in [5.74, 6) is 0.727. The van der Waals surface area contributed by atoms with Gasteiger partial charge in [0.1, 0.15) is 11.6 Å². The standard InChI is InChI=1S/C10H10BrN3O/c1-5-8(11)2-6(3-9(5)15)7-4-13-14-10(7)12/h2-4,15H,1H3,(H3,12,13,14). The first-order valence-electron chi connectivity index (χ1n) is 4.38. The van der Waals surface area contributed by atoms with E-state index in [1.807, 2.05) is 13.0 Å². The molecule has 0 radical (unpaired) electrons. The van der Waals surface area contributed by atoms with E-state index in [1.54, 1.807) is 12.3 Å². The topological polar surface area (TPSA) is 74.9 Å². The van der Waals surface area contributed by atoms with Crippen molar-refractivity contribution in [1.82, 2.24) is 10.2 Å². The van der Waals surface area contributed by atoms with Gasteiger partial charge < -0.3 is 10.8 Å². The zero-order valence-electron chi connectivity index (χ0n) is 8.08. The highest BCUT2D eigenvalue weighted by molar-refractivity contribution is 9.10. The number of nitrogens with zero attached hydrogens (tertiary/aromatic N) is 1. The van der Waals surface area contributed by atoms with Crippen LogP contribution in [-0.4, -0.2) is 15.3 Å². The molecule has 0 atom stereocenters. The minimum atomic E-state index is 0.236. The SMILES string of the molecule is Cc1c(O)cc(-c2cn[nH]c2N)cc1Br. The lowest BCUT2D eigenvalue weighted by Gasteiger charge is -2.05. The molecule has 0 amide bonds. The number of anilines is 1. The summed E-state index contributed by atoms with van der Waals surface area (Å²) >= 11 is 3.38. The first-order valence-corrected chi connectivity index (χ1v) is 5.17. The normalized spacial score (nSPS) is 10.5.